The molecule has 1 aromatic carbocycles. The fraction of sp³-hybridized carbons (Fsp3) is 0.417. The first-order valence-corrected chi connectivity index (χ1v) is 11.2. The highest BCUT2D eigenvalue weighted by atomic mass is 35.5. The maximum atomic E-state index is 13.8. The Morgan fingerprint density at radius 3 is 2.82 bits per heavy atom. The van der Waals surface area contributed by atoms with Crippen LogP contribution in [0.2, 0.25) is 0 Å². The van der Waals surface area contributed by atoms with Crippen LogP contribution in [-0.4, -0.2) is 55.8 Å². The van der Waals surface area contributed by atoms with Gasteiger partial charge in [-0.05, 0) is 36.6 Å². The lowest BCUT2D eigenvalue weighted by atomic mass is 10.1. The number of ether oxygens (including phenoxy) is 1. The van der Waals surface area contributed by atoms with Gasteiger partial charge in [-0.2, -0.15) is 0 Å². The van der Waals surface area contributed by atoms with E-state index in [9.17, 15) is 9.18 Å². The molecule has 0 bridgehead atoms. The van der Waals surface area contributed by atoms with Crippen molar-refractivity contribution in [3.8, 4) is 0 Å². The van der Waals surface area contributed by atoms with Crippen LogP contribution in [0, 0.1) is 5.82 Å². The van der Waals surface area contributed by atoms with Crippen LogP contribution in [0.4, 0.5) is 15.9 Å². The number of rotatable bonds is 6. The molecule has 1 fully saturated rings. The zero-order valence-corrected chi connectivity index (χ0v) is 19.2. The van der Waals surface area contributed by atoms with Crippen LogP contribution in [0.25, 0.3) is 10.8 Å². The summed E-state index contributed by atoms with van der Waals surface area (Å²) in [6.07, 6.45) is 3.40. The molecule has 2 aromatic heterocycles. The van der Waals surface area contributed by atoms with Gasteiger partial charge in [-0.3, -0.25) is 4.90 Å². The molecule has 2 aliphatic rings. The molecule has 1 N–H and O–H groups in total. The highest BCUT2D eigenvalue weighted by Crippen LogP contribution is 2.26. The van der Waals surface area contributed by atoms with Crippen LogP contribution in [0.1, 0.15) is 17.7 Å². The van der Waals surface area contributed by atoms with Gasteiger partial charge in [0.05, 0.1) is 18.9 Å². The molecule has 0 saturated carbocycles. The molecule has 1 saturated heterocycles. The van der Waals surface area contributed by atoms with Crippen molar-refractivity contribution in [2.75, 3.05) is 56.1 Å². The second kappa shape index (κ2) is 10.5. The van der Waals surface area contributed by atoms with Crippen LogP contribution < -0.4 is 15.8 Å². The lowest BCUT2D eigenvalue weighted by Gasteiger charge is -2.36. The third-order valence-corrected chi connectivity index (χ3v) is 6.21. The van der Waals surface area contributed by atoms with E-state index in [1.165, 1.54) is 12.1 Å². The number of pyridine rings is 1. The van der Waals surface area contributed by atoms with Gasteiger partial charge >= 0.3 is 5.63 Å². The van der Waals surface area contributed by atoms with E-state index in [0.717, 1.165) is 79.3 Å². The van der Waals surface area contributed by atoms with Crippen molar-refractivity contribution < 1.29 is 13.5 Å². The molecule has 4 heterocycles. The topological polar surface area (TPSA) is 70.8 Å². The van der Waals surface area contributed by atoms with Crippen molar-refractivity contribution in [2.24, 2.45) is 0 Å². The van der Waals surface area contributed by atoms with E-state index in [1.54, 1.807) is 18.3 Å². The Morgan fingerprint density at radius 1 is 1.12 bits per heavy atom. The second-order valence-electron chi connectivity index (χ2n) is 8.29. The van der Waals surface area contributed by atoms with Gasteiger partial charge in [0.1, 0.15) is 17.4 Å². The van der Waals surface area contributed by atoms with Crippen molar-refractivity contribution in [3.05, 3.63) is 64.1 Å². The number of fused-ring (bicyclic) bond motifs is 2. The van der Waals surface area contributed by atoms with Crippen LogP contribution in [0.15, 0.2) is 45.7 Å². The lowest BCUT2D eigenvalue weighted by molar-refractivity contribution is 0.101. The zero-order valence-electron chi connectivity index (χ0n) is 18.4. The molecular weight excluding hydrogens is 447 g/mol. The number of hydrogen-bond acceptors (Lipinski definition) is 7. The number of aromatic nitrogens is 1. The van der Waals surface area contributed by atoms with E-state index in [1.807, 2.05) is 6.07 Å². The average Bonchev–Trinajstić information content (AvgIpc) is 2.81. The minimum absolute atomic E-state index is 0. The second-order valence-corrected chi connectivity index (χ2v) is 8.29. The molecule has 176 valence electrons. The van der Waals surface area contributed by atoms with Gasteiger partial charge in [0.2, 0.25) is 0 Å². The molecule has 5 rings (SSSR count). The zero-order chi connectivity index (χ0) is 21.9. The molecule has 7 nitrogen and oxygen atoms in total. The fourth-order valence-electron chi connectivity index (χ4n) is 4.51. The van der Waals surface area contributed by atoms with Gasteiger partial charge in [-0.1, -0.05) is 6.07 Å². The average molecular weight is 475 g/mol. The van der Waals surface area contributed by atoms with Gasteiger partial charge in [-0.15, -0.1) is 12.4 Å². The summed E-state index contributed by atoms with van der Waals surface area (Å²) in [5.74, 6) is 1.37. The number of nitrogens with zero attached hydrogens (tertiary/aromatic N) is 3. The summed E-state index contributed by atoms with van der Waals surface area (Å²) in [6.45, 7) is 6.42. The minimum Gasteiger partial charge on any atom is -0.427 e. The molecule has 0 aliphatic carbocycles. The Bertz CT molecular complexity index is 1160. The van der Waals surface area contributed by atoms with Crippen LogP contribution in [-0.2, 0) is 17.8 Å². The molecule has 33 heavy (non-hydrogen) atoms. The van der Waals surface area contributed by atoms with Gasteiger partial charge in [0, 0.05) is 62.4 Å². The molecule has 3 aromatic rings. The minimum atomic E-state index is -0.314. The maximum absolute atomic E-state index is 13.8. The molecular formula is C24H28ClFN4O3. The van der Waals surface area contributed by atoms with Gasteiger partial charge in [0.15, 0.2) is 0 Å². The predicted octanol–water partition coefficient (Wildman–Crippen LogP) is 3.45. The molecule has 0 radical (unpaired) electrons. The molecule has 0 spiro atoms. The largest absolute Gasteiger partial charge is 0.427 e. The monoisotopic (exact) mass is 474 g/mol. The summed E-state index contributed by atoms with van der Waals surface area (Å²) in [4.78, 5) is 21.0. The summed E-state index contributed by atoms with van der Waals surface area (Å²) in [7, 11) is 0. The Morgan fingerprint density at radius 2 is 1.97 bits per heavy atom. The number of benzene rings is 1. The molecule has 9 heteroatoms. The number of anilines is 2. The van der Waals surface area contributed by atoms with Crippen molar-refractivity contribution in [2.45, 2.75) is 19.4 Å². The van der Waals surface area contributed by atoms with Crippen LogP contribution in [0.5, 0.6) is 0 Å². The quantitative estimate of drug-likeness (QED) is 0.549. The summed E-state index contributed by atoms with van der Waals surface area (Å²) in [5, 5.41) is 5.26. The summed E-state index contributed by atoms with van der Waals surface area (Å²) in [6, 6.07) is 8.30. The highest BCUT2D eigenvalue weighted by molar-refractivity contribution is 5.92. The summed E-state index contributed by atoms with van der Waals surface area (Å²) < 4.78 is 24.6. The Labute approximate surface area is 197 Å². The highest BCUT2D eigenvalue weighted by Gasteiger charge is 2.20. The van der Waals surface area contributed by atoms with Crippen molar-refractivity contribution in [3.63, 3.8) is 0 Å². The maximum Gasteiger partial charge on any atom is 0.337 e. The third kappa shape index (κ3) is 5.29. The van der Waals surface area contributed by atoms with E-state index in [2.05, 4.69) is 20.1 Å². The SMILES string of the molecule is Cl.O=c1cc(NCCCN2CCN(c3nccc4ccc(F)cc34)CC2)c2c(o1)CCOC2. The van der Waals surface area contributed by atoms with Crippen LogP contribution >= 0.6 is 12.4 Å². The third-order valence-electron chi connectivity index (χ3n) is 6.21. The predicted molar refractivity (Wildman–Crippen MR) is 129 cm³/mol. The van der Waals surface area contributed by atoms with Crippen molar-refractivity contribution in [1.82, 2.24) is 9.88 Å². The summed E-state index contributed by atoms with van der Waals surface area (Å²) in [5.41, 5.74) is 1.48. The standard InChI is InChI=1S/C24H27FN4O3.ClH/c25-18-3-2-17-4-7-27-24(19(17)14-18)29-11-9-28(10-12-29)8-1-6-26-21-15-23(30)32-22-5-13-31-16-20(21)22;/h2-4,7,14-15,26H,1,5-6,8-13,16H2;1H. The summed E-state index contributed by atoms with van der Waals surface area (Å²) >= 11 is 0. The number of halogens is 2. The van der Waals surface area contributed by atoms with E-state index >= 15 is 0 Å². The number of hydrogen-bond donors (Lipinski definition) is 1. The smallest absolute Gasteiger partial charge is 0.337 e. The Kier molecular flexibility index (Phi) is 7.47. The van der Waals surface area contributed by atoms with E-state index in [4.69, 9.17) is 9.15 Å². The van der Waals surface area contributed by atoms with E-state index in [0.29, 0.717) is 19.6 Å². The Hall–Kier alpha value is -2.68. The van der Waals surface area contributed by atoms with Gasteiger partial charge in [-0.25, -0.2) is 14.2 Å². The van der Waals surface area contributed by atoms with E-state index < -0.39 is 0 Å². The number of piperazine rings is 1. The lowest BCUT2D eigenvalue weighted by Crippen LogP contribution is -2.47. The first-order chi connectivity index (χ1) is 15.7. The molecule has 2 aliphatic heterocycles. The molecule has 0 unspecified atom stereocenters. The van der Waals surface area contributed by atoms with Gasteiger partial charge < -0.3 is 19.4 Å². The first kappa shape index (κ1) is 23.5. The fourth-order valence-corrected chi connectivity index (χ4v) is 4.51. The van der Waals surface area contributed by atoms with Crippen LogP contribution in [0.3, 0.4) is 0 Å². The van der Waals surface area contributed by atoms with E-state index in [-0.39, 0.29) is 23.8 Å². The molecule has 0 amide bonds. The normalized spacial score (nSPS) is 16.3. The van der Waals surface area contributed by atoms with Crippen molar-refractivity contribution in [1.29, 1.82) is 0 Å². The van der Waals surface area contributed by atoms with Crippen molar-refractivity contribution >= 4 is 34.7 Å². The Balaban J connectivity index is 0.00000259. The molecule has 0 atom stereocenters. The van der Waals surface area contributed by atoms with Gasteiger partial charge in [0.25, 0.3) is 0 Å². The number of nitrogens with one attached hydrogen (secondary N) is 1. The first-order valence-electron chi connectivity index (χ1n) is 11.2.